The predicted octanol–water partition coefficient (Wildman–Crippen LogP) is 3.96. The van der Waals surface area contributed by atoms with Gasteiger partial charge in [0.05, 0.1) is 9.90 Å². The van der Waals surface area contributed by atoms with E-state index in [0.717, 1.165) is 26.7 Å². The smallest absolute Gasteiger partial charge is 0.0592 e. The molecule has 2 N–H and O–H groups in total. The van der Waals surface area contributed by atoms with Gasteiger partial charge in [-0.05, 0) is 41.6 Å². The number of hydrogen-bond donors (Lipinski definition) is 1. The van der Waals surface area contributed by atoms with E-state index < -0.39 is 0 Å². The molecular weight excluding hydrogens is 214 g/mol. The molecule has 1 aromatic carbocycles. The van der Waals surface area contributed by atoms with Crippen LogP contribution in [-0.2, 0) is 0 Å². The van der Waals surface area contributed by atoms with Crippen LogP contribution in [0.15, 0.2) is 29.6 Å². The summed E-state index contributed by atoms with van der Waals surface area (Å²) in [6.45, 7) is 2.00. The van der Waals surface area contributed by atoms with E-state index in [1.54, 1.807) is 11.3 Å². The largest absolute Gasteiger partial charge is 0.399 e. The lowest BCUT2D eigenvalue weighted by atomic mass is 10.1. The Hall–Kier alpha value is -0.990. The highest BCUT2D eigenvalue weighted by atomic mass is 35.5. The molecule has 0 atom stereocenters. The van der Waals surface area contributed by atoms with Gasteiger partial charge in [0.25, 0.3) is 0 Å². The van der Waals surface area contributed by atoms with E-state index in [9.17, 15) is 0 Å². The highest BCUT2D eigenvalue weighted by Crippen LogP contribution is 2.34. The average molecular weight is 224 g/mol. The molecule has 1 nitrogen and oxygen atoms in total. The molecule has 0 aliphatic rings. The van der Waals surface area contributed by atoms with Gasteiger partial charge in [-0.3, -0.25) is 0 Å². The molecule has 0 aliphatic heterocycles. The standard InChI is InChI=1S/C11H10ClNS/c1-7-6-8(2-3-10(7)13)11-9(12)4-5-14-11/h2-6H,13H2,1H3. The van der Waals surface area contributed by atoms with Crippen LogP contribution in [0.2, 0.25) is 5.02 Å². The van der Waals surface area contributed by atoms with Crippen molar-refractivity contribution >= 4 is 28.6 Å². The van der Waals surface area contributed by atoms with E-state index in [-0.39, 0.29) is 0 Å². The molecule has 0 unspecified atom stereocenters. The van der Waals surface area contributed by atoms with Gasteiger partial charge in [-0.2, -0.15) is 0 Å². The maximum absolute atomic E-state index is 6.05. The van der Waals surface area contributed by atoms with Crippen LogP contribution in [0.3, 0.4) is 0 Å². The van der Waals surface area contributed by atoms with Crippen LogP contribution in [0, 0.1) is 6.92 Å². The minimum absolute atomic E-state index is 0.805. The number of anilines is 1. The maximum atomic E-state index is 6.05. The van der Waals surface area contributed by atoms with Crippen molar-refractivity contribution in [3.05, 3.63) is 40.2 Å². The average Bonchev–Trinajstić information content (AvgIpc) is 2.57. The molecule has 0 bridgehead atoms. The Labute approximate surface area is 92.1 Å². The van der Waals surface area contributed by atoms with Crippen LogP contribution >= 0.6 is 22.9 Å². The lowest BCUT2D eigenvalue weighted by Gasteiger charge is -2.03. The van der Waals surface area contributed by atoms with Crippen molar-refractivity contribution in [3.63, 3.8) is 0 Å². The Kier molecular flexibility index (Phi) is 2.48. The van der Waals surface area contributed by atoms with Crippen molar-refractivity contribution in [1.29, 1.82) is 0 Å². The van der Waals surface area contributed by atoms with Gasteiger partial charge in [0.1, 0.15) is 0 Å². The molecule has 0 saturated heterocycles. The zero-order valence-corrected chi connectivity index (χ0v) is 9.32. The molecule has 14 heavy (non-hydrogen) atoms. The quantitative estimate of drug-likeness (QED) is 0.728. The summed E-state index contributed by atoms with van der Waals surface area (Å²) in [5.41, 5.74) is 8.80. The molecule has 3 heteroatoms. The first-order chi connectivity index (χ1) is 6.68. The van der Waals surface area contributed by atoms with E-state index in [4.69, 9.17) is 17.3 Å². The third-order valence-electron chi connectivity index (χ3n) is 2.15. The van der Waals surface area contributed by atoms with Crippen LogP contribution in [0.4, 0.5) is 5.69 Å². The number of nitrogen functional groups attached to an aromatic ring is 1. The summed E-state index contributed by atoms with van der Waals surface area (Å²) in [7, 11) is 0. The van der Waals surface area contributed by atoms with Crippen molar-refractivity contribution in [2.75, 3.05) is 5.73 Å². The number of rotatable bonds is 1. The third kappa shape index (κ3) is 1.63. The molecule has 0 spiro atoms. The zero-order valence-electron chi connectivity index (χ0n) is 7.75. The fourth-order valence-electron chi connectivity index (χ4n) is 1.32. The lowest BCUT2D eigenvalue weighted by molar-refractivity contribution is 1.47. The van der Waals surface area contributed by atoms with Crippen LogP contribution in [0.25, 0.3) is 10.4 Å². The van der Waals surface area contributed by atoms with Gasteiger partial charge in [-0.15, -0.1) is 11.3 Å². The van der Waals surface area contributed by atoms with E-state index >= 15 is 0 Å². The Morgan fingerprint density at radius 3 is 2.64 bits per heavy atom. The van der Waals surface area contributed by atoms with Gasteiger partial charge in [0.15, 0.2) is 0 Å². The van der Waals surface area contributed by atoms with E-state index in [0.29, 0.717) is 0 Å². The second-order valence-electron chi connectivity index (χ2n) is 3.17. The van der Waals surface area contributed by atoms with Crippen molar-refractivity contribution in [2.24, 2.45) is 0 Å². The van der Waals surface area contributed by atoms with Crippen LogP contribution in [-0.4, -0.2) is 0 Å². The van der Waals surface area contributed by atoms with Crippen molar-refractivity contribution in [3.8, 4) is 10.4 Å². The Morgan fingerprint density at radius 1 is 1.29 bits per heavy atom. The van der Waals surface area contributed by atoms with Gasteiger partial charge in [-0.25, -0.2) is 0 Å². The number of hydrogen-bond acceptors (Lipinski definition) is 2. The van der Waals surface area contributed by atoms with E-state index in [1.807, 2.05) is 30.5 Å². The Bertz CT molecular complexity index is 462. The second-order valence-corrected chi connectivity index (χ2v) is 4.49. The van der Waals surface area contributed by atoms with Crippen molar-refractivity contribution in [2.45, 2.75) is 6.92 Å². The maximum Gasteiger partial charge on any atom is 0.0592 e. The fraction of sp³-hybridized carbons (Fsp3) is 0.0909. The summed E-state index contributed by atoms with van der Waals surface area (Å²) >= 11 is 7.69. The normalized spacial score (nSPS) is 10.4. The summed E-state index contributed by atoms with van der Waals surface area (Å²) in [5, 5.41) is 2.79. The molecule has 0 fully saturated rings. The van der Waals surface area contributed by atoms with Gasteiger partial charge in [-0.1, -0.05) is 17.7 Å². The monoisotopic (exact) mass is 223 g/mol. The van der Waals surface area contributed by atoms with E-state index in [2.05, 4.69) is 6.07 Å². The summed E-state index contributed by atoms with van der Waals surface area (Å²) in [4.78, 5) is 1.11. The number of thiophene rings is 1. The first-order valence-corrected chi connectivity index (χ1v) is 5.54. The molecule has 0 amide bonds. The molecular formula is C11H10ClNS. The van der Waals surface area contributed by atoms with Crippen LogP contribution < -0.4 is 5.73 Å². The molecule has 0 aliphatic carbocycles. The number of benzene rings is 1. The van der Waals surface area contributed by atoms with Crippen molar-refractivity contribution in [1.82, 2.24) is 0 Å². The lowest BCUT2D eigenvalue weighted by Crippen LogP contribution is -1.88. The van der Waals surface area contributed by atoms with Crippen LogP contribution in [0.5, 0.6) is 0 Å². The summed E-state index contributed by atoms with van der Waals surface area (Å²) in [6.07, 6.45) is 0. The van der Waals surface area contributed by atoms with Crippen molar-refractivity contribution < 1.29 is 0 Å². The Morgan fingerprint density at radius 2 is 2.07 bits per heavy atom. The summed E-state index contributed by atoms with van der Waals surface area (Å²) in [5.74, 6) is 0. The van der Waals surface area contributed by atoms with Gasteiger partial charge in [0.2, 0.25) is 0 Å². The summed E-state index contributed by atoms with van der Waals surface area (Å²) < 4.78 is 0. The number of aryl methyl sites for hydroxylation is 1. The fourth-order valence-corrected chi connectivity index (χ4v) is 2.48. The molecule has 2 rings (SSSR count). The first kappa shape index (κ1) is 9.56. The van der Waals surface area contributed by atoms with Gasteiger partial charge in [0, 0.05) is 5.69 Å². The zero-order chi connectivity index (χ0) is 10.1. The molecule has 2 aromatic rings. The second kappa shape index (κ2) is 3.64. The van der Waals surface area contributed by atoms with E-state index in [1.165, 1.54) is 0 Å². The predicted molar refractivity (Wildman–Crippen MR) is 63.9 cm³/mol. The molecule has 1 aromatic heterocycles. The molecule has 72 valence electrons. The van der Waals surface area contributed by atoms with Crippen LogP contribution in [0.1, 0.15) is 5.56 Å². The topological polar surface area (TPSA) is 26.0 Å². The minimum Gasteiger partial charge on any atom is -0.399 e. The minimum atomic E-state index is 0.805. The first-order valence-electron chi connectivity index (χ1n) is 4.28. The Balaban J connectivity index is 2.53. The number of halogens is 1. The highest BCUT2D eigenvalue weighted by Gasteiger charge is 2.05. The molecule has 1 heterocycles. The van der Waals surface area contributed by atoms with Gasteiger partial charge >= 0.3 is 0 Å². The summed E-state index contributed by atoms with van der Waals surface area (Å²) in [6, 6.07) is 7.89. The number of nitrogens with two attached hydrogens (primary N) is 1. The van der Waals surface area contributed by atoms with Gasteiger partial charge < -0.3 is 5.73 Å². The third-order valence-corrected chi connectivity index (χ3v) is 3.54. The molecule has 0 saturated carbocycles. The molecule has 0 radical (unpaired) electrons. The highest BCUT2D eigenvalue weighted by molar-refractivity contribution is 7.14. The SMILES string of the molecule is Cc1cc(-c2sccc2Cl)ccc1N.